The molecule has 0 bridgehead atoms. The molecule has 0 aliphatic rings. The maximum absolute atomic E-state index is 12.0. The average molecular weight is 297 g/mol. The molecular formula is C11H15N5O3S. The van der Waals surface area contributed by atoms with Crippen LogP contribution in [0.2, 0.25) is 0 Å². The number of sulfonamides is 1. The van der Waals surface area contributed by atoms with E-state index in [0.717, 1.165) is 0 Å². The summed E-state index contributed by atoms with van der Waals surface area (Å²) in [4.78, 5) is 3.96. The third-order valence-corrected chi connectivity index (χ3v) is 4.12. The molecule has 108 valence electrons. The number of aromatic amines is 1. The first kappa shape index (κ1) is 14.3. The summed E-state index contributed by atoms with van der Waals surface area (Å²) in [6, 6.07) is 3.76. The second-order valence-corrected chi connectivity index (χ2v) is 5.92. The number of rotatable bonds is 6. The summed E-state index contributed by atoms with van der Waals surface area (Å²) in [6.45, 7) is 0.268. The van der Waals surface area contributed by atoms with Crippen LogP contribution >= 0.6 is 0 Å². The molecule has 0 fully saturated rings. The van der Waals surface area contributed by atoms with Crippen LogP contribution in [0, 0.1) is 0 Å². The maximum atomic E-state index is 12.0. The summed E-state index contributed by atoms with van der Waals surface area (Å²) in [6.07, 6.45) is 2.58. The van der Waals surface area contributed by atoms with E-state index in [2.05, 4.69) is 19.9 Å². The number of nitrogens with two attached hydrogens (primary N) is 1. The van der Waals surface area contributed by atoms with E-state index in [9.17, 15) is 13.5 Å². The van der Waals surface area contributed by atoms with Crippen molar-refractivity contribution in [3.8, 4) is 5.75 Å². The van der Waals surface area contributed by atoms with Gasteiger partial charge in [-0.05, 0) is 24.6 Å². The topological polar surface area (TPSA) is 134 Å². The van der Waals surface area contributed by atoms with Crippen LogP contribution in [0.15, 0.2) is 29.4 Å². The summed E-state index contributed by atoms with van der Waals surface area (Å²) in [5.41, 5.74) is 5.50. The number of benzene rings is 1. The molecule has 8 nitrogen and oxygen atoms in total. The smallest absolute Gasteiger partial charge is 0.240 e. The SMILES string of the molecule is Nc1cc(S(=O)(=O)NCCCc2ncn[nH]2)ccc1O. The zero-order chi connectivity index (χ0) is 14.6. The number of nitrogens with zero attached hydrogens (tertiary/aromatic N) is 2. The van der Waals surface area contributed by atoms with E-state index in [1.807, 2.05) is 0 Å². The van der Waals surface area contributed by atoms with E-state index in [0.29, 0.717) is 18.7 Å². The minimum atomic E-state index is -3.63. The summed E-state index contributed by atoms with van der Waals surface area (Å²) in [5, 5.41) is 15.7. The fraction of sp³-hybridized carbons (Fsp3) is 0.273. The van der Waals surface area contributed by atoms with Gasteiger partial charge >= 0.3 is 0 Å². The van der Waals surface area contributed by atoms with Crippen LogP contribution in [0.5, 0.6) is 5.75 Å². The quantitative estimate of drug-likeness (QED) is 0.337. The molecule has 1 aromatic carbocycles. The lowest BCUT2D eigenvalue weighted by Crippen LogP contribution is -2.25. The molecule has 0 amide bonds. The third kappa shape index (κ3) is 3.45. The Morgan fingerprint density at radius 2 is 2.20 bits per heavy atom. The van der Waals surface area contributed by atoms with Crippen LogP contribution in [0.25, 0.3) is 0 Å². The maximum Gasteiger partial charge on any atom is 0.240 e. The lowest BCUT2D eigenvalue weighted by Gasteiger charge is -2.07. The second kappa shape index (κ2) is 5.88. The summed E-state index contributed by atoms with van der Waals surface area (Å²) < 4.78 is 26.4. The van der Waals surface area contributed by atoms with Crippen molar-refractivity contribution in [2.75, 3.05) is 12.3 Å². The Kier molecular flexibility index (Phi) is 4.20. The van der Waals surface area contributed by atoms with Crippen molar-refractivity contribution in [3.63, 3.8) is 0 Å². The van der Waals surface area contributed by atoms with Crippen molar-refractivity contribution < 1.29 is 13.5 Å². The van der Waals surface area contributed by atoms with Gasteiger partial charge in [-0.15, -0.1) is 0 Å². The molecule has 0 saturated carbocycles. The molecule has 2 rings (SSSR count). The fourth-order valence-corrected chi connectivity index (χ4v) is 2.71. The van der Waals surface area contributed by atoms with Gasteiger partial charge in [-0.1, -0.05) is 0 Å². The number of aromatic nitrogens is 3. The Morgan fingerprint density at radius 3 is 2.85 bits per heavy atom. The molecule has 20 heavy (non-hydrogen) atoms. The van der Waals surface area contributed by atoms with Gasteiger partial charge in [0.05, 0.1) is 10.6 Å². The summed E-state index contributed by atoms with van der Waals surface area (Å²) >= 11 is 0. The van der Waals surface area contributed by atoms with E-state index < -0.39 is 10.0 Å². The number of nitrogen functional groups attached to an aromatic ring is 1. The Labute approximate surface area is 116 Å². The van der Waals surface area contributed by atoms with Gasteiger partial charge in [-0.25, -0.2) is 18.1 Å². The minimum Gasteiger partial charge on any atom is -0.506 e. The van der Waals surface area contributed by atoms with Gasteiger partial charge in [0.15, 0.2) is 0 Å². The number of anilines is 1. The normalized spacial score (nSPS) is 11.6. The molecule has 9 heteroatoms. The third-order valence-electron chi connectivity index (χ3n) is 2.66. The Balaban J connectivity index is 1.92. The molecule has 0 aliphatic heterocycles. The highest BCUT2D eigenvalue weighted by Crippen LogP contribution is 2.22. The van der Waals surface area contributed by atoms with Crippen LogP contribution < -0.4 is 10.5 Å². The van der Waals surface area contributed by atoms with Gasteiger partial charge in [0.25, 0.3) is 0 Å². The lowest BCUT2D eigenvalue weighted by molar-refractivity contribution is 0.477. The summed E-state index contributed by atoms with van der Waals surface area (Å²) in [7, 11) is -3.63. The molecule has 0 spiro atoms. The zero-order valence-electron chi connectivity index (χ0n) is 10.6. The average Bonchev–Trinajstić information content (AvgIpc) is 2.91. The van der Waals surface area contributed by atoms with Gasteiger partial charge in [0.1, 0.15) is 17.9 Å². The number of aryl methyl sites for hydroxylation is 1. The molecule has 0 aliphatic carbocycles. The van der Waals surface area contributed by atoms with Crippen LogP contribution in [-0.2, 0) is 16.4 Å². The number of H-pyrrole nitrogens is 1. The first-order valence-corrected chi connectivity index (χ1v) is 7.40. The standard InChI is InChI=1S/C11H15N5O3S/c12-9-6-8(3-4-10(9)17)20(18,19)15-5-1-2-11-13-7-14-16-11/h3-4,6-7,15,17H,1-2,5,12H2,(H,13,14,16). The highest BCUT2D eigenvalue weighted by atomic mass is 32.2. The van der Waals surface area contributed by atoms with Crippen molar-refractivity contribution in [1.29, 1.82) is 0 Å². The van der Waals surface area contributed by atoms with Crippen molar-refractivity contribution in [3.05, 3.63) is 30.4 Å². The molecule has 0 radical (unpaired) electrons. The number of nitrogens with one attached hydrogen (secondary N) is 2. The molecule has 1 aromatic heterocycles. The molecule has 0 unspecified atom stereocenters. The molecular weight excluding hydrogens is 282 g/mol. The zero-order valence-corrected chi connectivity index (χ0v) is 11.4. The van der Waals surface area contributed by atoms with Crippen molar-refractivity contribution in [2.45, 2.75) is 17.7 Å². The van der Waals surface area contributed by atoms with Gasteiger partial charge in [0.2, 0.25) is 10.0 Å². The number of aromatic hydroxyl groups is 1. The predicted molar refractivity (Wildman–Crippen MR) is 72.4 cm³/mol. The van der Waals surface area contributed by atoms with E-state index in [4.69, 9.17) is 5.73 Å². The van der Waals surface area contributed by atoms with E-state index in [1.54, 1.807) is 0 Å². The number of phenolic OH excluding ortho intramolecular Hbond substituents is 1. The number of hydrogen-bond donors (Lipinski definition) is 4. The van der Waals surface area contributed by atoms with E-state index in [1.165, 1.54) is 24.5 Å². The highest BCUT2D eigenvalue weighted by Gasteiger charge is 2.14. The molecule has 2 aromatic rings. The van der Waals surface area contributed by atoms with Crippen molar-refractivity contribution in [2.24, 2.45) is 0 Å². The lowest BCUT2D eigenvalue weighted by atomic mass is 10.3. The number of hydrogen-bond acceptors (Lipinski definition) is 6. The second-order valence-electron chi connectivity index (χ2n) is 4.15. The van der Waals surface area contributed by atoms with E-state index >= 15 is 0 Å². The Hall–Kier alpha value is -2.13. The van der Waals surface area contributed by atoms with Gasteiger partial charge < -0.3 is 10.8 Å². The van der Waals surface area contributed by atoms with Crippen LogP contribution in [0.4, 0.5) is 5.69 Å². The monoisotopic (exact) mass is 297 g/mol. The predicted octanol–water partition coefficient (Wildman–Crippen LogP) is 0.00360. The van der Waals surface area contributed by atoms with Gasteiger partial charge in [-0.2, -0.15) is 5.10 Å². The molecule has 0 saturated heterocycles. The summed E-state index contributed by atoms with van der Waals surface area (Å²) in [5.74, 6) is 0.562. The van der Waals surface area contributed by atoms with Gasteiger partial charge in [0, 0.05) is 13.0 Å². The Bertz CT molecular complexity index is 669. The van der Waals surface area contributed by atoms with Crippen molar-refractivity contribution >= 4 is 15.7 Å². The molecule has 0 atom stereocenters. The first-order valence-electron chi connectivity index (χ1n) is 5.91. The van der Waals surface area contributed by atoms with Crippen molar-refractivity contribution in [1.82, 2.24) is 19.9 Å². The first-order chi connectivity index (χ1) is 9.49. The highest BCUT2D eigenvalue weighted by molar-refractivity contribution is 7.89. The van der Waals surface area contributed by atoms with Gasteiger partial charge in [-0.3, -0.25) is 5.10 Å². The van der Waals surface area contributed by atoms with Crippen LogP contribution in [0.3, 0.4) is 0 Å². The molecule has 5 N–H and O–H groups in total. The Morgan fingerprint density at radius 1 is 1.40 bits per heavy atom. The van der Waals surface area contributed by atoms with Crippen LogP contribution in [-0.4, -0.2) is 35.3 Å². The van der Waals surface area contributed by atoms with E-state index in [-0.39, 0.29) is 22.9 Å². The number of phenols is 1. The largest absolute Gasteiger partial charge is 0.506 e. The molecule has 1 heterocycles. The fourth-order valence-electron chi connectivity index (χ4n) is 1.60. The van der Waals surface area contributed by atoms with Crippen LogP contribution in [0.1, 0.15) is 12.2 Å². The minimum absolute atomic E-state index is 0.0208.